The van der Waals surface area contributed by atoms with Gasteiger partial charge in [0.2, 0.25) is 0 Å². The SMILES string of the molecule is c1ccc(C2=C(c3ccccc3)C(c3cccc(-c4cc(-c5ccccc5)nc(-c5cccc(-n6c7ccccc7c7ccccc76)c5)n4)c3)=C(c3ccccc3)C(c3ccccc3)N2)cc1. The first-order valence-corrected chi connectivity index (χ1v) is 22.9. The number of fused-ring (bicyclic) bond motifs is 3. The van der Waals surface area contributed by atoms with Gasteiger partial charge in [0, 0.05) is 38.7 Å². The number of hydrogen-bond donors (Lipinski definition) is 1. The molecule has 2 aromatic heterocycles. The van der Waals surface area contributed by atoms with E-state index < -0.39 is 0 Å². The van der Waals surface area contributed by atoms with Crippen LogP contribution in [0.25, 0.3) is 83.8 Å². The summed E-state index contributed by atoms with van der Waals surface area (Å²) in [4.78, 5) is 10.8. The lowest BCUT2D eigenvalue weighted by atomic mass is 9.76. The predicted octanol–water partition coefficient (Wildman–Crippen LogP) is 15.4. The molecule has 11 aromatic rings. The average Bonchev–Trinajstić information content (AvgIpc) is 3.76. The van der Waals surface area contributed by atoms with Crippen molar-refractivity contribution in [2.75, 3.05) is 0 Å². The van der Waals surface area contributed by atoms with Crippen molar-refractivity contribution < 1.29 is 0 Å². The van der Waals surface area contributed by atoms with Gasteiger partial charge in [-0.25, -0.2) is 9.97 Å². The third kappa shape index (κ3) is 7.41. The van der Waals surface area contributed by atoms with Crippen LogP contribution in [0.15, 0.2) is 255 Å². The monoisotopic (exact) mass is 856 g/mol. The summed E-state index contributed by atoms with van der Waals surface area (Å²) in [7, 11) is 0. The van der Waals surface area contributed by atoms with Crippen molar-refractivity contribution in [2.24, 2.45) is 0 Å². The number of nitrogens with one attached hydrogen (secondary N) is 1. The van der Waals surface area contributed by atoms with E-state index >= 15 is 0 Å². The zero-order chi connectivity index (χ0) is 44.5. The van der Waals surface area contributed by atoms with E-state index in [1.54, 1.807) is 0 Å². The summed E-state index contributed by atoms with van der Waals surface area (Å²) in [6.07, 6.45) is 0. The molecule has 0 spiro atoms. The van der Waals surface area contributed by atoms with Gasteiger partial charge in [0.05, 0.1) is 34.2 Å². The first-order valence-electron chi connectivity index (χ1n) is 22.9. The molecule has 67 heavy (non-hydrogen) atoms. The molecule has 12 rings (SSSR count). The summed E-state index contributed by atoms with van der Waals surface area (Å²) in [5.74, 6) is 0.663. The predicted molar refractivity (Wildman–Crippen MR) is 278 cm³/mol. The summed E-state index contributed by atoms with van der Waals surface area (Å²) in [6, 6.07) is 90.5. The second-order valence-corrected chi connectivity index (χ2v) is 17.0. The molecule has 4 heteroatoms. The third-order valence-electron chi connectivity index (χ3n) is 12.9. The van der Waals surface area contributed by atoms with Crippen LogP contribution >= 0.6 is 0 Å². The highest BCUT2D eigenvalue weighted by atomic mass is 15.0. The molecule has 4 nitrogen and oxygen atoms in total. The van der Waals surface area contributed by atoms with Crippen LogP contribution in [0.5, 0.6) is 0 Å². The van der Waals surface area contributed by atoms with Gasteiger partial charge >= 0.3 is 0 Å². The number of para-hydroxylation sites is 2. The minimum atomic E-state index is -0.151. The van der Waals surface area contributed by atoms with Gasteiger partial charge in [0.15, 0.2) is 5.82 Å². The molecule has 0 bridgehead atoms. The quantitative estimate of drug-likeness (QED) is 0.157. The van der Waals surface area contributed by atoms with Crippen LogP contribution in [0, 0.1) is 0 Å². The molecule has 3 heterocycles. The van der Waals surface area contributed by atoms with Gasteiger partial charge in [0.25, 0.3) is 0 Å². The van der Waals surface area contributed by atoms with Crippen molar-refractivity contribution in [3.05, 3.63) is 283 Å². The summed E-state index contributed by atoms with van der Waals surface area (Å²) in [6.45, 7) is 0. The van der Waals surface area contributed by atoms with E-state index in [0.717, 1.165) is 78.3 Å². The first kappa shape index (κ1) is 39.7. The minimum absolute atomic E-state index is 0.151. The maximum Gasteiger partial charge on any atom is 0.160 e. The molecule has 1 aliphatic heterocycles. The van der Waals surface area contributed by atoms with Gasteiger partial charge in [-0.05, 0) is 75.4 Å². The van der Waals surface area contributed by atoms with Crippen molar-refractivity contribution in [3.8, 4) is 39.6 Å². The number of hydrogen-bond acceptors (Lipinski definition) is 3. The molecule has 0 amide bonds. The Kier molecular flexibility index (Phi) is 10.2. The van der Waals surface area contributed by atoms with Crippen LogP contribution in [0.3, 0.4) is 0 Å². The minimum Gasteiger partial charge on any atom is -0.373 e. The van der Waals surface area contributed by atoms with Crippen LogP contribution in [0.2, 0.25) is 0 Å². The second-order valence-electron chi connectivity index (χ2n) is 17.0. The van der Waals surface area contributed by atoms with Crippen molar-refractivity contribution in [1.82, 2.24) is 19.9 Å². The molecule has 1 atom stereocenters. The Morgan fingerprint density at radius 1 is 0.343 bits per heavy atom. The van der Waals surface area contributed by atoms with Gasteiger partial charge in [-0.3, -0.25) is 0 Å². The number of allylic oxidation sites excluding steroid dienone is 2. The van der Waals surface area contributed by atoms with E-state index in [1.807, 2.05) is 6.07 Å². The van der Waals surface area contributed by atoms with Crippen molar-refractivity contribution in [1.29, 1.82) is 0 Å². The molecular weight excluding hydrogens is 813 g/mol. The highest BCUT2D eigenvalue weighted by molar-refractivity contribution is 6.24. The topological polar surface area (TPSA) is 42.7 Å². The third-order valence-corrected chi connectivity index (χ3v) is 12.9. The van der Waals surface area contributed by atoms with Crippen LogP contribution in [0.4, 0.5) is 0 Å². The fraction of sp³-hybridized carbons (Fsp3) is 0.0159. The molecule has 316 valence electrons. The van der Waals surface area contributed by atoms with Crippen molar-refractivity contribution in [2.45, 2.75) is 6.04 Å². The van der Waals surface area contributed by atoms with E-state index in [0.29, 0.717) is 5.82 Å². The van der Waals surface area contributed by atoms with E-state index in [9.17, 15) is 0 Å². The number of benzene rings is 9. The Hall–Kier alpha value is -8.86. The van der Waals surface area contributed by atoms with Crippen LogP contribution < -0.4 is 5.32 Å². The van der Waals surface area contributed by atoms with Gasteiger partial charge in [-0.15, -0.1) is 0 Å². The van der Waals surface area contributed by atoms with Gasteiger partial charge in [-0.1, -0.05) is 218 Å². The molecule has 1 unspecified atom stereocenters. The van der Waals surface area contributed by atoms with E-state index in [-0.39, 0.29) is 6.04 Å². The Balaban J connectivity index is 1.08. The molecule has 0 saturated heterocycles. The largest absolute Gasteiger partial charge is 0.373 e. The van der Waals surface area contributed by atoms with Gasteiger partial charge in [0.1, 0.15) is 0 Å². The Labute approximate surface area is 390 Å². The van der Waals surface area contributed by atoms with E-state index in [1.165, 1.54) is 27.5 Å². The maximum atomic E-state index is 5.45. The Morgan fingerprint density at radius 3 is 1.46 bits per heavy atom. The average molecular weight is 857 g/mol. The lowest BCUT2D eigenvalue weighted by molar-refractivity contribution is 0.787. The molecule has 9 aromatic carbocycles. The molecule has 1 N–H and O–H groups in total. The highest BCUT2D eigenvalue weighted by Crippen LogP contribution is 2.50. The zero-order valence-electron chi connectivity index (χ0n) is 36.7. The van der Waals surface area contributed by atoms with Crippen LogP contribution in [-0.2, 0) is 0 Å². The summed E-state index contributed by atoms with van der Waals surface area (Å²) < 4.78 is 2.35. The number of rotatable bonds is 9. The number of nitrogens with zero attached hydrogens (tertiary/aromatic N) is 3. The van der Waals surface area contributed by atoms with Gasteiger partial charge in [-0.2, -0.15) is 0 Å². The van der Waals surface area contributed by atoms with Crippen molar-refractivity contribution in [3.63, 3.8) is 0 Å². The van der Waals surface area contributed by atoms with Crippen LogP contribution in [0.1, 0.15) is 33.9 Å². The van der Waals surface area contributed by atoms with E-state index in [2.05, 4.69) is 259 Å². The summed E-state index contributed by atoms with van der Waals surface area (Å²) >= 11 is 0. The van der Waals surface area contributed by atoms with E-state index in [4.69, 9.17) is 9.97 Å². The molecule has 0 fully saturated rings. The fourth-order valence-electron chi connectivity index (χ4n) is 9.84. The van der Waals surface area contributed by atoms with Gasteiger partial charge < -0.3 is 9.88 Å². The highest BCUT2D eigenvalue weighted by Gasteiger charge is 2.33. The fourth-order valence-corrected chi connectivity index (χ4v) is 9.84. The molecular formula is C63H44N4. The molecule has 0 saturated carbocycles. The summed E-state index contributed by atoms with van der Waals surface area (Å²) in [5.41, 5.74) is 18.4. The number of dihydropyridines is 1. The smallest absolute Gasteiger partial charge is 0.160 e. The van der Waals surface area contributed by atoms with Crippen molar-refractivity contribution >= 4 is 44.2 Å². The Morgan fingerprint density at radius 2 is 0.821 bits per heavy atom. The zero-order valence-corrected chi connectivity index (χ0v) is 36.7. The summed E-state index contributed by atoms with van der Waals surface area (Å²) in [5, 5.41) is 6.56. The molecule has 0 radical (unpaired) electrons. The molecule has 1 aliphatic rings. The lowest BCUT2D eigenvalue weighted by Crippen LogP contribution is -2.27. The number of aromatic nitrogens is 3. The molecule has 0 aliphatic carbocycles. The second kappa shape index (κ2) is 17.3. The lowest BCUT2D eigenvalue weighted by Gasteiger charge is -2.36. The normalized spacial score (nSPS) is 13.8. The Bertz CT molecular complexity index is 3580. The first-order chi connectivity index (χ1) is 33.2. The standard InChI is InChI=1S/C63H44N4/c1-6-22-43(23-7-1)54-42-55(65-63(64-54)50-34-21-35-51(41-50)67-56-38-18-16-36-52(56)53-37-17-19-39-57(53)67)48-32-20-33-49(40-48)58-59(44-24-8-2-9-25-44)61(46-28-12-4-13-29-46)66-62(47-30-14-5-15-31-47)60(58)45-26-10-3-11-27-45/h1-42,61,66H. The van der Waals surface area contributed by atoms with Crippen LogP contribution in [-0.4, -0.2) is 14.5 Å². The maximum absolute atomic E-state index is 5.45.